The Kier molecular flexibility index (Phi) is 6.07. The zero-order valence-electron chi connectivity index (χ0n) is 16.9. The van der Waals surface area contributed by atoms with Crippen LogP contribution in [0.1, 0.15) is 41.2 Å². The van der Waals surface area contributed by atoms with E-state index in [-0.39, 0.29) is 12.5 Å². The number of anilines is 1. The molecule has 0 aliphatic heterocycles. The van der Waals surface area contributed by atoms with Crippen LogP contribution in [0.2, 0.25) is 0 Å². The third-order valence-electron chi connectivity index (χ3n) is 4.95. The molecule has 0 aliphatic rings. The van der Waals surface area contributed by atoms with Crippen molar-refractivity contribution >= 4 is 27.5 Å². The smallest absolute Gasteiger partial charge is 0.321 e. The first-order valence-electron chi connectivity index (χ1n) is 9.19. The van der Waals surface area contributed by atoms with E-state index < -0.39 is 17.8 Å². The second-order valence-electron chi connectivity index (χ2n) is 7.09. The van der Waals surface area contributed by atoms with Gasteiger partial charge in [-0.05, 0) is 61.3 Å². The number of nitrogens with zero attached hydrogens (tertiary/aromatic N) is 4. The Bertz CT molecular complexity index is 1090. The lowest BCUT2D eigenvalue weighted by Crippen LogP contribution is -2.25. The summed E-state index contributed by atoms with van der Waals surface area (Å²) in [5.74, 6) is -0.265. The summed E-state index contributed by atoms with van der Waals surface area (Å²) < 4.78 is 42.9. The van der Waals surface area contributed by atoms with Crippen LogP contribution in [0.15, 0.2) is 34.9 Å². The summed E-state index contributed by atoms with van der Waals surface area (Å²) in [5.41, 5.74) is 2.37. The highest BCUT2D eigenvalue weighted by Gasteiger charge is 2.30. The Labute approximate surface area is 180 Å². The molecule has 160 valence electrons. The zero-order valence-corrected chi connectivity index (χ0v) is 18.5. The summed E-state index contributed by atoms with van der Waals surface area (Å²) >= 11 is 3.38. The molecule has 10 heteroatoms. The molecule has 2 aromatic heterocycles. The topological polar surface area (TPSA) is 64.7 Å². The zero-order chi connectivity index (χ0) is 22.2. The number of aromatic nitrogens is 4. The average Bonchev–Trinajstić information content (AvgIpc) is 3.14. The first-order chi connectivity index (χ1) is 14.0. The van der Waals surface area contributed by atoms with E-state index in [2.05, 4.69) is 31.4 Å². The highest BCUT2D eigenvalue weighted by atomic mass is 79.9. The highest BCUT2D eigenvalue weighted by molar-refractivity contribution is 9.10. The Morgan fingerprint density at radius 2 is 1.93 bits per heavy atom. The first kappa shape index (κ1) is 22.1. The van der Waals surface area contributed by atoms with Crippen LogP contribution in [0.5, 0.6) is 0 Å². The third kappa shape index (κ3) is 4.43. The molecule has 3 rings (SSSR count). The van der Waals surface area contributed by atoms with Crippen molar-refractivity contribution in [1.82, 2.24) is 19.6 Å². The number of halogens is 4. The quantitative estimate of drug-likeness (QED) is 0.553. The Balaban J connectivity index is 1.81. The van der Waals surface area contributed by atoms with E-state index in [0.717, 1.165) is 22.3 Å². The molecule has 0 saturated carbocycles. The average molecular weight is 484 g/mol. The van der Waals surface area contributed by atoms with Gasteiger partial charge in [0.1, 0.15) is 6.04 Å². The Morgan fingerprint density at radius 1 is 1.23 bits per heavy atom. The van der Waals surface area contributed by atoms with Gasteiger partial charge in [0.2, 0.25) is 5.91 Å². The number of carbonyl (C=O) groups is 1. The van der Waals surface area contributed by atoms with Gasteiger partial charge in [-0.25, -0.2) is 0 Å². The largest absolute Gasteiger partial charge is 0.416 e. The molecular weight excluding hydrogens is 463 g/mol. The van der Waals surface area contributed by atoms with Crippen LogP contribution in [0.4, 0.5) is 18.9 Å². The van der Waals surface area contributed by atoms with Crippen molar-refractivity contribution < 1.29 is 18.0 Å². The van der Waals surface area contributed by atoms with Gasteiger partial charge in [-0.2, -0.15) is 23.4 Å². The molecular formula is C20H21BrF3N5O. The molecule has 1 unspecified atom stereocenters. The van der Waals surface area contributed by atoms with Crippen molar-refractivity contribution in [2.75, 3.05) is 5.32 Å². The number of hydrogen-bond donors (Lipinski definition) is 1. The molecule has 0 bridgehead atoms. The normalized spacial score (nSPS) is 12.8. The molecule has 1 N–H and O–H groups in total. The second-order valence-corrected chi connectivity index (χ2v) is 7.94. The summed E-state index contributed by atoms with van der Waals surface area (Å²) in [7, 11) is 0. The van der Waals surface area contributed by atoms with E-state index in [1.54, 1.807) is 42.4 Å². The maximum atomic E-state index is 13.0. The molecule has 0 spiro atoms. The fourth-order valence-electron chi connectivity index (χ4n) is 3.18. The van der Waals surface area contributed by atoms with Crippen molar-refractivity contribution in [3.05, 3.63) is 63.1 Å². The predicted octanol–water partition coefficient (Wildman–Crippen LogP) is 5.03. The first-order valence-corrected chi connectivity index (χ1v) is 9.99. The maximum Gasteiger partial charge on any atom is 0.416 e. The number of benzene rings is 1. The van der Waals surface area contributed by atoms with Crippen molar-refractivity contribution in [2.45, 2.75) is 46.5 Å². The summed E-state index contributed by atoms with van der Waals surface area (Å²) in [5, 5.41) is 11.5. The van der Waals surface area contributed by atoms with Gasteiger partial charge < -0.3 is 5.32 Å². The minimum atomic E-state index is -4.40. The van der Waals surface area contributed by atoms with Gasteiger partial charge >= 0.3 is 6.18 Å². The molecule has 1 atom stereocenters. The van der Waals surface area contributed by atoms with Crippen LogP contribution in [-0.4, -0.2) is 25.5 Å². The van der Waals surface area contributed by atoms with Crippen LogP contribution in [0.3, 0.4) is 0 Å². The molecule has 6 nitrogen and oxygen atoms in total. The van der Waals surface area contributed by atoms with Crippen molar-refractivity contribution in [3.8, 4) is 0 Å². The molecule has 2 heterocycles. The van der Waals surface area contributed by atoms with Gasteiger partial charge in [-0.15, -0.1) is 0 Å². The lowest BCUT2D eigenvalue weighted by atomic mass is 10.1. The van der Waals surface area contributed by atoms with E-state index in [0.29, 0.717) is 22.6 Å². The van der Waals surface area contributed by atoms with Crippen LogP contribution < -0.4 is 5.32 Å². The van der Waals surface area contributed by atoms with Crippen LogP contribution in [-0.2, 0) is 17.5 Å². The number of hydrogen-bond acceptors (Lipinski definition) is 3. The number of carbonyl (C=O) groups excluding carboxylic acids is 1. The predicted molar refractivity (Wildman–Crippen MR) is 110 cm³/mol. The summed E-state index contributed by atoms with van der Waals surface area (Å²) in [4.78, 5) is 12.8. The van der Waals surface area contributed by atoms with Gasteiger partial charge in [0.25, 0.3) is 0 Å². The summed E-state index contributed by atoms with van der Waals surface area (Å²) in [6.45, 7) is 7.26. The maximum absolute atomic E-state index is 13.0. The van der Waals surface area contributed by atoms with Gasteiger partial charge in [-0.1, -0.05) is 12.1 Å². The van der Waals surface area contributed by atoms with Crippen LogP contribution >= 0.6 is 15.9 Å². The fourth-order valence-corrected chi connectivity index (χ4v) is 3.46. The SMILES string of the molecule is Cc1nn(Cc2cccc(C(F)(F)F)c2)c(C)c1NC(=O)C(C)n1ncc(Br)c1C. The molecule has 0 fully saturated rings. The third-order valence-corrected chi connectivity index (χ3v) is 5.73. The van der Waals surface area contributed by atoms with E-state index >= 15 is 0 Å². The van der Waals surface area contributed by atoms with Gasteiger partial charge in [0.05, 0.1) is 45.5 Å². The van der Waals surface area contributed by atoms with Crippen LogP contribution in [0, 0.1) is 20.8 Å². The minimum Gasteiger partial charge on any atom is -0.321 e. The van der Waals surface area contributed by atoms with Crippen LogP contribution in [0.25, 0.3) is 0 Å². The Hall–Kier alpha value is -2.62. The number of nitrogens with one attached hydrogen (secondary N) is 1. The van der Waals surface area contributed by atoms with Crippen molar-refractivity contribution in [3.63, 3.8) is 0 Å². The standard InChI is InChI=1S/C20H21BrF3N5O/c1-11-18(26-19(30)14(4)29-12(2)17(21)9-25-29)13(3)28(27-11)10-15-6-5-7-16(8-15)20(22,23)24/h5-9,14H,10H2,1-4H3,(H,26,30). The molecule has 1 aromatic carbocycles. The monoisotopic (exact) mass is 483 g/mol. The van der Waals surface area contributed by atoms with Gasteiger partial charge in [-0.3, -0.25) is 14.2 Å². The van der Waals surface area contributed by atoms with Crippen molar-refractivity contribution in [1.29, 1.82) is 0 Å². The lowest BCUT2D eigenvalue weighted by Gasteiger charge is -2.15. The van der Waals surface area contributed by atoms with E-state index in [9.17, 15) is 18.0 Å². The van der Waals surface area contributed by atoms with E-state index in [1.807, 2.05) is 6.92 Å². The number of amides is 1. The molecule has 1 amide bonds. The lowest BCUT2D eigenvalue weighted by molar-refractivity contribution is -0.137. The molecule has 0 saturated heterocycles. The number of alkyl halides is 3. The second kappa shape index (κ2) is 8.25. The van der Waals surface area contributed by atoms with E-state index in [1.165, 1.54) is 6.07 Å². The Morgan fingerprint density at radius 3 is 2.53 bits per heavy atom. The number of aryl methyl sites for hydroxylation is 1. The summed E-state index contributed by atoms with van der Waals surface area (Å²) in [6.07, 6.45) is -2.78. The highest BCUT2D eigenvalue weighted by Crippen LogP contribution is 2.30. The summed E-state index contributed by atoms with van der Waals surface area (Å²) in [6, 6.07) is 4.58. The fraction of sp³-hybridized carbons (Fsp3) is 0.350. The van der Waals surface area contributed by atoms with Gasteiger partial charge in [0, 0.05) is 0 Å². The minimum absolute atomic E-state index is 0.160. The molecule has 3 aromatic rings. The molecule has 0 radical (unpaired) electrons. The van der Waals surface area contributed by atoms with E-state index in [4.69, 9.17) is 0 Å². The van der Waals surface area contributed by atoms with Gasteiger partial charge in [0.15, 0.2) is 0 Å². The van der Waals surface area contributed by atoms with Crippen molar-refractivity contribution in [2.24, 2.45) is 0 Å². The molecule has 0 aliphatic carbocycles. The number of rotatable bonds is 5. The molecule has 30 heavy (non-hydrogen) atoms.